The van der Waals surface area contributed by atoms with E-state index in [1.807, 2.05) is 0 Å². The molecule has 1 nitrogen and oxygen atoms in total. The Balaban J connectivity index is 2.28. The maximum Gasteiger partial charge on any atom is 0.0889 e. The van der Waals surface area contributed by atoms with E-state index in [1.54, 1.807) is 0 Å². The average molecular weight is 238 g/mol. The van der Waals surface area contributed by atoms with Crippen LogP contribution in [0.4, 0.5) is 0 Å². The Morgan fingerprint density at radius 2 is 1.06 bits per heavy atom. The summed E-state index contributed by atoms with van der Waals surface area (Å²) in [6, 6.07) is 1.76. The highest BCUT2D eigenvalue weighted by Crippen LogP contribution is 2.38. The van der Waals surface area contributed by atoms with Crippen LogP contribution in [0.3, 0.4) is 0 Å². The fourth-order valence-corrected chi connectivity index (χ4v) is 4.48. The molecule has 0 aromatic carbocycles. The molecule has 4 unspecified atom stereocenters. The molecule has 0 aliphatic carbocycles. The van der Waals surface area contributed by atoms with Gasteiger partial charge < -0.3 is 4.48 Å². The van der Waals surface area contributed by atoms with Gasteiger partial charge >= 0.3 is 0 Å². The molecule has 0 N–H and O–H groups in total. The summed E-state index contributed by atoms with van der Waals surface area (Å²) in [7, 11) is 0. The third-order valence-corrected chi connectivity index (χ3v) is 6.25. The van der Waals surface area contributed by atoms with Crippen molar-refractivity contribution in [3.63, 3.8) is 0 Å². The van der Waals surface area contributed by atoms with Gasteiger partial charge in [0.15, 0.2) is 0 Å². The summed E-state index contributed by atoms with van der Waals surface area (Å²) in [5, 5.41) is 0. The number of nitrogens with zero attached hydrogens (tertiary/aromatic N) is 1. The van der Waals surface area contributed by atoms with Crippen LogP contribution in [-0.4, -0.2) is 29.7 Å². The molecule has 0 bridgehead atoms. The topological polar surface area (TPSA) is 0 Å². The normalized spacial score (nSPS) is 43.1. The molecular formula is C16H32N+. The second kappa shape index (κ2) is 5.30. The van der Waals surface area contributed by atoms with Gasteiger partial charge in [0.1, 0.15) is 0 Å². The summed E-state index contributed by atoms with van der Waals surface area (Å²) < 4.78 is 1.45. The van der Waals surface area contributed by atoms with Gasteiger partial charge in [0, 0.05) is 11.8 Å². The van der Waals surface area contributed by atoms with Crippen molar-refractivity contribution in [3.05, 3.63) is 0 Å². The molecule has 1 heteroatoms. The lowest BCUT2D eigenvalue weighted by Crippen LogP contribution is -2.62. The molecule has 2 fully saturated rings. The monoisotopic (exact) mass is 238 g/mol. The van der Waals surface area contributed by atoms with Gasteiger partial charge in [-0.15, -0.1) is 0 Å². The zero-order chi connectivity index (χ0) is 12.5. The highest BCUT2D eigenvalue weighted by atomic mass is 15.4. The summed E-state index contributed by atoms with van der Waals surface area (Å²) in [4.78, 5) is 0. The minimum atomic E-state index is 0.882. The van der Waals surface area contributed by atoms with Gasteiger partial charge in [0.25, 0.3) is 0 Å². The lowest BCUT2D eigenvalue weighted by molar-refractivity contribution is -0.974. The fraction of sp³-hybridized carbons (Fsp3) is 1.00. The van der Waals surface area contributed by atoms with Crippen LogP contribution < -0.4 is 0 Å². The Morgan fingerprint density at radius 1 is 0.647 bits per heavy atom. The van der Waals surface area contributed by atoms with E-state index < -0.39 is 0 Å². The molecule has 17 heavy (non-hydrogen) atoms. The summed E-state index contributed by atoms with van der Waals surface area (Å²) in [5.41, 5.74) is 0. The molecule has 0 radical (unpaired) electrons. The van der Waals surface area contributed by atoms with Crippen molar-refractivity contribution in [1.29, 1.82) is 0 Å². The van der Waals surface area contributed by atoms with Crippen molar-refractivity contribution in [2.75, 3.05) is 13.1 Å². The summed E-state index contributed by atoms with van der Waals surface area (Å²) >= 11 is 0. The maximum absolute atomic E-state index is 2.55. The van der Waals surface area contributed by atoms with E-state index in [-0.39, 0.29) is 0 Å². The van der Waals surface area contributed by atoms with Gasteiger partial charge in [-0.05, 0) is 52.4 Å². The predicted molar refractivity (Wildman–Crippen MR) is 74.9 cm³/mol. The molecule has 2 aliphatic heterocycles. The third-order valence-electron chi connectivity index (χ3n) is 6.25. The summed E-state index contributed by atoms with van der Waals surface area (Å²) in [6.07, 6.45) is 8.78. The van der Waals surface area contributed by atoms with Gasteiger partial charge in [0.05, 0.1) is 25.2 Å². The molecule has 0 aromatic heterocycles. The van der Waals surface area contributed by atoms with Crippen LogP contribution >= 0.6 is 0 Å². The van der Waals surface area contributed by atoms with E-state index in [4.69, 9.17) is 0 Å². The van der Waals surface area contributed by atoms with Crippen LogP contribution in [0.2, 0.25) is 0 Å². The molecule has 0 saturated carbocycles. The lowest BCUT2D eigenvalue weighted by Gasteiger charge is -2.49. The second-order valence-electron chi connectivity index (χ2n) is 6.98. The zero-order valence-electron chi connectivity index (χ0n) is 12.4. The van der Waals surface area contributed by atoms with Gasteiger partial charge in [-0.3, -0.25) is 0 Å². The van der Waals surface area contributed by atoms with E-state index in [0.717, 1.165) is 23.9 Å². The second-order valence-corrected chi connectivity index (χ2v) is 6.98. The number of hydrogen-bond donors (Lipinski definition) is 0. The highest BCUT2D eigenvalue weighted by molar-refractivity contribution is 4.77. The van der Waals surface area contributed by atoms with E-state index in [1.165, 1.54) is 56.1 Å². The van der Waals surface area contributed by atoms with Crippen LogP contribution in [0.25, 0.3) is 0 Å². The predicted octanol–water partition coefficient (Wildman–Crippen LogP) is 4.22. The fourth-order valence-electron chi connectivity index (χ4n) is 4.48. The number of hydrogen-bond acceptors (Lipinski definition) is 0. The van der Waals surface area contributed by atoms with Crippen LogP contribution in [-0.2, 0) is 0 Å². The van der Waals surface area contributed by atoms with Crippen molar-refractivity contribution in [2.24, 2.45) is 11.8 Å². The van der Waals surface area contributed by atoms with Crippen molar-refractivity contribution in [2.45, 2.75) is 78.3 Å². The first kappa shape index (κ1) is 13.4. The average Bonchev–Trinajstić information content (AvgIpc) is 2.62. The maximum atomic E-state index is 2.55. The Hall–Kier alpha value is -0.0400. The molecule has 0 aromatic rings. The first-order chi connectivity index (χ1) is 8.08. The van der Waals surface area contributed by atoms with Crippen LogP contribution in [0.5, 0.6) is 0 Å². The molecule has 0 amide bonds. The van der Waals surface area contributed by atoms with Gasteiger partial charge in [0.2, 0.25) is 0 Å². The van der Waals surface area contributed by atoms with E-state index >= 15 is 0 Å². The van der Waals surface area contributed by atoms with Gasteiger partial charge in [-0.1, -0.05) is 13.8 Å². The van der Waals surface area contributed by atoms with Crippen LogP contribution in [0.15, 0.2) is 0 Å². The Morgan fingerprint density at radius 3 is 1.47 bits per heavy atom. The van der Waals surface area contributed by atoms with E-state index in [2.05, 4.69) is 27.7 Å². The van der Waals surface area contributed by atoms with E-state index in [0.29, 0.717) is 0 Å². The van der Waals surface area contributed by atoms with E-state index in [9.17, 15) is 0 Å². The smallest absolute Gasteiger partial charge is 0.0889 e. The minimum Gasteiger partial charge on any atom is -0.319 e. The quantitative estimate of drug-likeness (QED) is 0.554. The Labute approximate surface area is 108 Å². The largest absolute Gasteiger partial charge is 0.319 e. The molecule has 2 heterocycles. The summed E-state index contributed by atoms with van der Waals surface area (Å²) in [5.74, 6) is 1.83. The van der Waals surface area contributed by atoms with Crippen molar-refractivity contribution < 1.29 is 4.48 Å². The van der Waals surface area contributed by atoms with Crippen LogP contribution in [0, 0.1) is 11.8 Å². The third kappa shape index (κ3) is 2.41. The molecule has 2 rings (SSSR count). The molecule has 1 spiro atoms. The molecule has 2 aliphatic rings. The Kier molecular flexibility index (Phi) is 4.18. The van der Waals surface area contributed by atoms with Crippen molar-refractivity contribution >= 4 is 0 Å². The number of quaternary nitrogens is 1. The SMILES string of the molecule is CC1CCC(C)C(C)[N+]2(CCCCCC2)C1C. The number of rotatable bonds is 0. The van der Waals surface area contributed by atoms with Crippen LogP contribution in [0.1, 0.15) is 66.2 Å². The minimum absolute atomic E-state index is 0.882. The molecular weight excluding hydrogens is 206 g/mol. The molecule has 2 saturated heterocycles. The first-order valence-corrected chi connectivity index (χ1v) is 7.94. The highest BCUT2D eigenvalue weighted by Gasteiger charge is 2.45. The molecule has 100 valence electrons. The molecule has 4 atom stereocenters. The standard InChI is InChI=1S/C16H32N/c1-13-9-10-14(2)16(4)17(15(13)3)11-7-5-6-8-12-17/h13-16H,5-12H2,1-4H3/q+1. The summed E-state index contributed by atoms with van der Waals surface area (Å²) in [6.45, 7) is 13.0. The zero-order valence-corrected chi connectivity index (χ0v) is 12.4. The van der Waals surface area contributed by atoms with Crippen molar-refractivity contribution in [1.82, 2.24) is 0 Å². The Bertz CT molecular complexity index is 222. The van der Waals surface area contributed by atoms with Gasteiger partial charge in [-0.25, -0.2) is 0 Å². The van der Waals surface area contributed by atoms with Gasteiger partial charge in [-0.2, -0.15) is 0 Å². The van der Waals surface area contributed by atoms with Crippen molar-refractivity contribution in [3.8, 4) is 0 Å². The lowest BCUT2D eigenvalue weighted by atomic mass is 9.95. The first-order valence-electron chi connectivity index (χ1n) is 7.94.